The Kier molecular flexibility index (Phi) is 8.43. The maximum absolute atomic E-state index is 11.4. The molecule has 1 aromatic carbocycles. The zero-order valence-electron chi connectivity index (χ0n) is 13.4. The lowest BCUT2D eigenvalue weighted by Gasteiger charge is -2.07. The first-order chi connectivity index (χ1) is 10.0. The molecule has 120 valence electrons. The van der Waals surface area contributed by atoms with Crippen LogP contribution in [0.25, 0.3) is 0 Å². The molecule has 1 rings (SSSR count). The molecule has 21 heavy (non-hydrogen) atoms. The minimum Gasteiger partial charge on any atom is -0.385 e. The summed E-state index contributed by atoms with van der Waals surface area (Å²) in [6.07, 6.45) is 11.8. The molecule has 0 amide bonds. The minimum absolute atomic E-state index is 0.375. The molecule has 0 fully saturated rings. The van der Waals surface area contributed by atoms with E-state index in [0.717, 1.165) is 12.2 Å². The van der Waals surface area contributed by atoms with Gasteiger partial charge in [-0.1, -0.05) is 51.9 Å². The molecule has 0 spiro atoms. The van der Waals surface area contributed by atoms with Crippen molar-refractivity contribution in [3.05, 3.63) is 24.3 Å². The van der Waals surface area contributed by atoms with Gasteiger partial charge in [-0.2, -0.15) is 0 Å². The summed E-state index contributed by atoms with van der Waals surface area (Å²) in [6, 6.07) is 6.99. The van der Waals surface area contributed by atoms with Gasteiger partial charge in [0.1, 0.15) is 0 Å². The molecule has 0 saturated carbocycles. The van der Waals surface area contributed by atoms with Crippen LogP contribution in [0.4, 0.5) is 5.69 Å². The zero-order valence-corrected chi connectivity index (χ0v) is 14.2. The zero-order chi connectivity index (χ0) is 15.6. The Morgan fingerprint density at radius 2 is 1.38 bits per heavy atom. The molecule has 3 nitrogen and oxygen atoms in total. The maximum atomic E-state index is 11.4. The van der Waals surface area contributed by atoms with E-state index in [2.05, 4.69) is 12.2 Å². The van der Waals surface area contributed by atoms with Crippen molar-refractivity contribution >= 4 is 15.5 Å². The second-order valence-electron chi connectivity index (χ2n) is 5.70. The van der Waals surface area contributed by atoms with E-state index in [4.69, 9.17) is 0 Å². The summed E-state index contributed by atoms with van der Waals surface area (Å²) in [5.74, 6) is 0. The molecule has 4 heteroatoms. The standard InChI is InChI=1S/C17H29NO2S/c1-3-4-5-6-7-8-9-10-15-18-16-11-13-17(14-12-16)21(2,19)20/h11-14,18H,3-10,15H2,1-2H3. The van der Waals surface area contributed by atoms with Crippen LogP contribution in [-0.2, 0) is 9.84 Å². The number of benzene rings is 1. The third-order valence-corrected chi connectivity index (χ3v) is 4.77. The Morgan fingerprint density at radius 1 is 0.857 bits per heavy atom. The summed E-state index contributed by atoms with van der Waals surface area (Å²) < 4.78 is 22.7. The third kappa shape index (κ3) is 8.10. The van der Waals surface area contributed by atoms with Crippen LogP contribution in [0.15, 0.2) is 29.2 Å². The van der Waals surface area contributed by atoms with Crippen LogP contribution in [0, 0.1) is 0 Å². The molecule has 0 aliphatic rings. The van der Waals surface area contributed by atoms with Crippen LogP contribution in [-0.4, -0.2) is 21.2 Å². The van der Waals surface area contributed by atoms with E-state index in [1.807, 2.05) is 12.1 Å². The summed E-state index contributed by atoms with van der Waals surface area (Å²) >= 11 is 0. The van der Waals surface area contributed by atoms with Gasteiger partial charge in [-0.15, -0.1) is 0 Å². The van der Waals surface area contributed by atoms with Crippen LogP contribution < -0.4 is 5.32 Å². The van der Waals surface area contributed by atoms with E-state index in [0.29, 0.717) is 4.90 Å². The normalized spacial score (nSPS) is 11.5. The van der Waals surface area contributed by atoms with Gasteiger partial charge in [-0.25, -0.2) is 8.42 Å². The topological polar surface area (TPSA) is 46.2 Å². The first-order valence-corrected chi connectivity index (χ1v) is 9.97. The van der Waals surface area contributed by atoms with Gasteiger partial charge < -0.3 is 5.32 Å². The molecule has 1 N–H and O–H groups in total. The van der Waals surface area contributed by atoms with Crippen LogP contribution >= 0.6 is 0 Å². The van der Waals surface area contributed by atoms with Crippen LogP contribution in [0.5, 0.6) is 0 Å². The SMILES string of the molecule is CCCCCCCCCCNc1ccc(S(C)(=O)=O)cc1. The fourth-order valence-electron chi connectivity index (χ4n) is 2.31. The van der Waals surface area contributed by atoms with Gasteiger partial charge in [0.05, 0.1) is 4.90 Å². The highest BCUT2D eigenvalue weighted by atomic mass is 32.2. The van der Waals surface area contributed by atoms with Crippen molar-refractivity contribution in [2.24, 2.45) is 0 Å². The summed E-state index contributed by atoms with van der Waals surface area (Å²) in [7, 11) is -3.09. The smallest absolute Gasteiger partial charge is 0.175 e. The predicted octanol–water partition coefficient (Wildman–Crippen LogP) is 4.64. The Bertz CT molecular complexity index is 480. The molecular weight excluding hydrogens is 282 g/mol. The van der Waals surface area contributed by atoms with Gasteiger partial charge in [-0.3, -0.25) is 0 Å². The molecule has 0 aliphatic carbocycles. The van der Waals surface area contributed by atoms with Crippen molar-refractivity contribution in [3.63, 3.8) is 0 Å². The fraction of sp³-hybridized carbons (Fsp3) is 0.647. The Hall–Kier alpha value is -1.03. The van der Waals surface area contributed by atoms with Crippen molar-refractivity contribution in [2.75, 3.05) is 18.1 Å². The van der Waals surface area contributed by atoms with E-state index < -0.39 is 9.84 Å². The molecule has 0 saturated heterocycles. The highest BCUT2D eigenvalue weighted by Crippen LogP contribution is 2.14. The second-order valence-corrected chi connectivity index (χ2v) is 7.71. The van der Waals surface area contributed by atoms with E-state index in [1.165, 1.54) is 57.6 Å². The Morgan fingerprint density at radius 3 is 1.90 bits per heavy atom. The third-order valence-electron chi connectivity index (χ3n) is 3.64. The molecule has 0 aliphatic heterocycles. The van der Waals surface area contributed by atoms with E-state index >= 15 is 0 Å². The molecule has 0 aromatic heterocycles. The lowest BCUT2D eigenvalue weighted by molar-refractivity contribution is 0.581. The molecule has 0 atom stereocenters. The summed E-state index contributed by atoms with van der Waals surface area (Å²) in [4.78, 5) is 0.375. The number of hydrogen-bond donors (Lipinski definition) is 1. The van der Waals surface area contributed by atoms with E-state index in [-0.39, 0.29) is 0 Å². The van der Waals surface area contributed by atoms with Crippen LogP contribution in [0.1, 0.15) is 58.3 Å². The van der Waals surface area contributed by atoms with Crippen molar-refractivity contribution < 1.29 is 8.42 Å². The number of hydrogen-bond acceptors (Lipinski definition) is 3. The average Bonchev–Trinajstić information content (AvgIpc) is 2.45. The Balaban J connectivity index is 2.10. The second kappa shape index (κ2) is 9.82. The number of anilines is 1. The molecule has 0 bridgehead atoms. The predicted molar refractivity (Wildman–Crippen MR) is 90.7 cm³/mol. The quantitative estimate of drug-likeness (QED) is 0.605. The van der Waals surface area contributed by atoms with Gasteiger partial charge >= 0.3 is 0 Å². The van der Waals surface area contributed by atoms with Crippen LogP contribution in [0.3, 0.4) is 0 Å². The first-order valence-electron chi connectivity index (χ1n) is 8.08. The first kappa shape index (κ1) is 18.0. The van der Waals surface area contributed by atoms with Gasteiger partial charge in [0.15, 0.2) is 9.84 Å². The molecule has 0 heterocycles. The minimum atomic E-state index is -3.09. The van der Waals surface area contributed by atoms with Crippen molar-refractivity contribution in [1.29, 1.82) is 0 Å². The van der Waals surface area contributed by atoms with Crippen molar-refractivity contribution in [3.8, 4) is 0 Å². The number of rotatable bonds is 11. The molecule has 0 radical (unpaired) electrons. The van der Waals surface area contributed by atoms with Crippen molar-refractivity contribution in [2.45, 2.75) is 63.2 Å². The van der Waals surface area contributed by atoms with E-state index in [9.17, 15) is 8.42 Å². The van der Waals surface area contributed by atoms with Gasteiger partial charge in [-0.05, 0) is 30.7 Å². The number of unbranched alkanes of at least 4 members (excludes halogenated alkanes) is 7. The van der Waals surface area contributed by atoms with Gasteiger partial charge in [0, 0.05) is 18.5 Å². The van der Waals surface area contributed by atoms with Gasteiger partial charge in [0.2, 0.25) is 0 Å². The largest absolute Gasteiger partial charge is 0.385 e. The number of sulfone groups is 1. The summed E-state index contributed by atoms with van der Waals surface area (Å²) in [6.45, 7) is 3.20. The van der Waals surface area contributed by atoms with Crippen LogP contribution in [0.2, 0.25) is 0 Å². The maximum Gasteiger partial charge on any atom is 0.175 e. The highest BCUT2D eigenvalue weighted by Gasteiger charge is 2.05. The van der Waals surface area contributed by atoms with E-state index in [1.54, 1.807) is 12.1 Å². The number of nitrogens with one attached hydrogen (secondary N) is 1. The molecule has 0 unspecified atom stereocenters. The van der Waals surface area contributed by atoms with Crippen molar-refractivity contribution in [1.82, 2.24) is 0 Å². The monoisotopic (exact) mass is 311 g/mol. The van der Waals surface area contributed by atoms with Gasteiger partial charge in [0.25, 0.3) is 0 Å². The average molecular weight is 311 g/mol. The lowest BCUT2D eigenvalue weighted by Crippen LogP contribution is -2.02. The summed E-state index contributed by atoms with van der Waals surface area (Å²) in [5, 5.41) is 3.34. The lowest BCUT2D eigenvalue weighted by atomic mass is 10.1. The fourth-order valence-corrected chi connectivity index (χ4v) is 2.94. The molecular formula is C17H29NO2S. The Labute approximate surface area is 130 Å². The molecule has 1 aromatic rings. The summed E-state index contributed by atoms with van der Waals surface area (Å²) in [5.41, 5.74) is 0.991. The highest BCUT2D eigenvalue weighted by molar-refractivity contribution is 7.90.